The van der Waals surface area contributed by atoms with Crippen LogP contribution in [0.15, 0.2) is 41.0 Å². The highest BCUT2D eigenvalue weighted by atomic mass is 16.5. The summed E-state index contributed by atoms with van der Waals surface area (Å²) < 4.78 is 15.8. The van der Waals surface area contributed by atoms with E-state index in [-0.39, 0.29) is 29.4 Å². The SMILES string of the molecule is CCOC(=O)C1=C(C)OC(N)=C(C#N)C12C(=O)Nc1c(OC)cccc12. The summed E-state index contributed by atoms with van der Waals surface area (Å²) in [5.74, 6) is -1.08. The van der Waals surface area contributed by atoms with Crippen molar-refractivity contribution < 1.29 is 23.8 Å². The van der Waals surface area contributed by atoms with Gasteiger partial charge in [-0.1, -0.05) is 12.1 Å². The molecule has 0 fully saturated rings. The minimum absolute atomic E-state index is 0.0744. The number of nitrogens with one attached hydrogen (secondary N) is 1. The van der Waals surface area contributed by atoms with Gasteiger partial charge in [0.1, 0.15) is 28.7 Å². The first-order chi connectivity index (χ1) is 12.4. The lowest BCUT2D eigenvalue weighted by atomic mass is 9.68. The first-order valence-corrected chi connectivity index (χ1v) is 7.89. The zero-order valence-corrected chi connectivity index (χ0v) is 14.5. The number of nitrogens with zero attached hydrogens (tertiary/aromatic N) is 1. The zero-order chi connectivity index (χ0) is 19.1. The van der Waals surface area contributed by atoms with E-state index in [9.17, 15) is 14.9 Å². The molecule has 1 atom stereocenters. The summed E-state index contributed by atoms with van der Waals surface area (Å²) in [6, 6.07) is 6.89. The summed E-state index contributed by atoms with van der Waals surface area (Å²) in [7, 11) is 1.46. The van der Waals surface area contributed by atoms with Gasteiger partial charge in [0.05, 0.1) is 19.4 Å². The number of nitriles is 1. The van der Waals surface area contributed by atoms with E-state index in [1.54, 1.807) is 25.1 Å². The molecular formula is C18H17N3O5. The van der Waals surface area contributed by atoms with Crippen LogP contribution in [0.1, 0.15) is 19.4 Å². The van der Waals surface area contributed by atoms with Crippen LogP contribution in [0.2, 0.25) is 0 Å². The van der Waals surface area contributed by atoms with E-state index in [4.69, 9.17) is 19.9 Å². The molecule has 0 radical (unpaired) electrons. The molecule has 26 heavy (non-hydrogen) atoms. The van der Waals surface area contributed by atoms with Crippen LogP contribution in [0.3, 0.4) is 0 Å². The lowest BCUT2D eigenvalue weighted by Crippen LogP contribution is -2.45. The van der Waals surface area contributed by atoms with Gasteiger partial charge < -0.3 is 25.3 Å². The van der Waals surface area contributed by atoms with Crippen LogP contribution < -0.4 is 15.8 Å². The smallest absolute Gasteiger partial charge is 0.339 e. The zero-order valence-electron chi connectivity index (χ0n) is 14.5. The number of hydrogen-bond acceptors (Lipinski definition) is 7. The van der Waals surface area contributed by atoms with Crippen molar-refractivity contribution in [1.29, 1.82) is 5.26 Å². The second-order valence-corrected chi connectivity index (χ2v) is 5.69. The third-order valence-corrected chi connectivity index (χ3v) is 4.43. The number of carbonyl (C=O) groups excluding carboxylic acids is 2. The van der Waals surface area contributed by atoms with Gasteiger partial charge in [-0.3, -0.25) is 4.79 Å². The fraction of sp³-hybridized carbons (Fsp3) is 0.278. The summed E-state index contributed by atoms with van der Waals surface area (Å²) in [6.45, 7) is 3.24. The Morgan fingerprint density at radius 2 is 2.19 bits per heavy atom. The summed E-state index contributed by atoms with van der Waals surface area (Å²) >= 11 is 0. The largest absolute Gasteiger partial charge is 0.495 e. The number of carbonyl (C=O) groups is 2. The lowest BCUT2D eigenvalue weighted by Gasteiger charge is -2.33. The van der Waals surface area contributed by atoms with Crippen molar-refractivity contribution in [3.8, 4) is 11.8 Å². The molecule has 2 heterocycles. The highest BCUT2D eigenvalue weighted by Crippen LogP contribution is 2.53. The molecule has 8 heteroatoms. The summed E-state index contributed by atoms with van der Waals surface area (Å²) in [5.41, 5.74) is 4.65. The molecule has 1 aromatic rings. The first kappa shape index (κ1) is 17.4. The number of hydrogen-bond donors (Lipinski definition) is 2. The minimum Gasteiger partial charge on any atom is -0.495 e. The van der Waals surface area contributed by atoms with Crippen molar-refractivity contribution in [2.24, 2.45) is 5.73 Å². The molecule has 1 aromatic carbocycles. The molecule has 3 N–H and O–H groups in total. The number of benzene rings is 1. The number of allylic oxidation sites excluding steroid dienone is 1. The summed E-state index contributed by atoms with van der Waals surface area (Å²) in [6.07, 6.45) is 0. The van der Waals surface area contributed by atoms with Crippen LogP contribution in [0.4, 0.5) is 5.69 Å². The standard InChI is InChI=1S/C18H17N3O5/c1-4-25-16(22)13-9(2)26-15(20)11(8-19)18(13)10-6-5-7-12(24-3)14(10)21-17(18)23/h5-7H,4,20H2,1-3H3,(H,21,23). The minimum atomic E-state index is -1.75. The van der Waals surface area contributed by atoms with Crippen LogP contribution in [0.5, 0.6) is 5.75 Å². The van der Waals surface area contributed by atoms with Gasteiger partial charge in [0, 0.05) is 5.56 Å². The van der Waals surface area contributed by atoms with E-state index in [0.717, 1.165) is 0 Å². The molecule has 8 nitrogen and oxygen atoms in total. The highest BCUT2D eigenvalue weighted by Gasteiger charge is 2.60. The molecule has 2 aliphatic heterocycles. The van der Waals surface area contributed by atoms with Crippen LogP contribution >= 0.6 is 0 Å². The average Bonchev–Trinajstić information content (AvgIpc) is 2.88. The Balaban J connectivity index is 2.41. The Bertz CT molecular complexity index is 925. The Kier molecular flexibility index (Phi) is 4.08. The topological polar surface area (TPSA) is 124 Å². The van der Waals surface area contributed by atoms with E-state index in [0.29, 0.717) is 17.0 Å². The van der Waals surface area contributed by atoms with Gasteiger partial charge in [0.2, 0.25) is 11.8 Å². The molecule has 2 aliphatic rings. The maximum absolute atomic E-state index is 13.2. The average molecular weight is 355 g/mol. The van der Waals surface area contributed by atoms with E-state index >= 15 is 0 Å². The maximum Gasteiger partial charge on any atom is 0.339 e. The number of amides is 1. The number of para-hydroxylation sites is 1. The van der Waals surface area contributed by atoms with Gasteiger partial charge >= 0.3 is 5.97 Å². The summed E-state index contributed by atoms with van der Waals surface area (Å²) in [5, 5.41) is 12.4. The van der Waals surface area contributed by atoms with Crippen LogP contribution in [0.25, 0.3) is 0 Å². The Hall–Kier alpha value is -3.47. The number of nitrogens with two attached hydrogens (primary N) is 1. The van der Waals surface area contributed by atoms with Gasteiger partial charge in [-0.2, -0.15) is 5.26 Å². The van der Waals surface area contributed by atoms with Crippen LogP contribution in [-0.4, -0.2) is 25.6 Å². The van der Waals surface area contributed by atoms with E-state index in [2.05, 4.69) is 5.32 Å². The van der Waals surface area contributed by atoms with Gasteiger partial charge in [-0.25, -0.2) is 4.79 Å². The van der Waals surface area contributed by atoms with E-state index in [1.807, 2.05) is 6.07 Å². The Morgan fingerprint density at radius 3 is 2.81 bits per heavy atom. The molecular weight excluding hydrogens is 338 g/mol. The lowest BCUT2D eigenvalue weighted by molar-refractivity contribution is -0.140. The normalized spacial score (nSPS) is 21.1. The van der Waals surface area contributed by atoms with Crippen molar-refractivity contribution in [2.45, 2.75) is 19.3 Å². The van der Waals surface area contributed by atoms with Crippen molar-refractivity contribution in [1.82, 2.24) is 0 Å². The fourth-order valence-corrected chi connectivity index (χ4v) is 3.45. The number of anilines is 1. The molecule has 0 saturated heterocycles. The number of esters is 1. The molecule has 0 bridgehead atoms. The second-order valence-electron chi connectivity index (χ2n) is 5.69. The number of ether oxygens (including phenoxy) is 3. The van der Waals surface area contributed by atoms with Gasteiger partial charge in [-0.15, -0.1) is 0 Å². The predicted octanol–water partition coefficient (Wildman–Crippen LogP) is 1.45. The third kappa shape index (κ3) is 2.07. The molecule has 1 amide bonds. The molecule has 3 rings (SSSR count). The summed E-state index contributed by atoms with van der Waals surface area (Å²) in [4.78, 5) is 25.9. The van der Waals surface area contributed by atoms with Crippen molar-refractivity contribution >= 4 is 17.6 Å². The highest BCUT2D eigenvalue weighted by molar-refractivity contribution is 6.18. The molecule has 1 unspecified atom stereocenters. The van der Waals surface area contributed by atoms with Crippen LogP contribution in [-0.2, 0) is 24.5 Å². The number of fused-ring (bicyclic) bond motifs is 2. The fourth-order valence-electron chi connectivity index (χ4n) is 3.45. The Morgan fingerprint density at radius 1 is 1.46 bits per heavy atom. The molecule has 0 aliphatic carbocycles. The number of methoxy groups -OCH3 is 1. The van der Waals surface area contributed by atoms with Crippen molar-refractivity contribution in [3.05, 3.63) is 46.6 Å². The predicted molar refractivity (Wildman–Crippen MR) is 90.5 cm³/mol. The Labute approximate surface area is 149 Å². The van der Waals surface area contributed by atoms with Crippen molar-refractivity contribution in [3.63, 3.8) is 0 Å². The van der Waals surface area contributed by atoms with Crippen LogP contribution in [0, 0.1) is 11.3 Å². The molecule has 134 valence electrons. The number of rotatable bonds is 3. The quantitative estimate of drug-likeness (QED) is 0.786. The molecule has 0 aromatic heterocycles. The monoisotopic (exact) mass is 355 g/mol. The second kappa shape index (κ2) is 6.11. The van der Waals surface area contributed by atoms with Gasteiger partial charge in [0.25, 0.3) is 0 Å². The van der Waals surface area contributed by atoms with E-state index in [1.165, 1.54) is 14.0 Å². The third-order valence-electron chi connectivity index (χ3n) is 4.43. The first-order valence-electron chi connectivity index (χ1n) is 7.89. The van der Waals surface area contributed by atoms with E-state index < -0.39 is 17.3 Å². The maximum atomic E-state index is 13.2. The van der Waals surface area contributed by atoms with Gasteiger partial charge in [0.15, 0.2) is 5.41 Å². The molecule has 0 saturated carbocycles. The van der Waals surface area contributed by atoms with Gasteiger partial charge in [-0.05, 0) is 19.9 Å². The molecule has 1 spiro atoms. The van der Waals surface area contributed by atoms with Crippen molar-refractivity contribution in [2.75, 3.05) is 19.0 Å².